The molecule has 232 valence electrons. The SMILES string of the molecule is O=C(CN1CCC[C@@H]1Cn1nc(Cc2ccc(Cl)cc2)c2ccccc2c1=O)NCC1CCCCC1.O=C(O)C(F)(F)F. The second kappa shape index (κ2) is 14.8. The summed E-state index contributed by atoms with van der Waals surface area (Å²) in [6, 6.07) is 15.6. The van der Waals surface area contributed by atoms with Crippen LogP contribution < -0.4 is 10.9 Å². The number of aromatic nitrogens is 2. The number of fused-ring (bicyclic) bond motifs is 1. The topological polar surface area (TPSA) is 105 Å². The van der Waals surface area contributed by atoms with Gasteiger partial charge < -0.3 is 10.4 Å². The lowest BCUT2D eigenvalue weighted by molar-refractivity contribution is -0.192. The van der Waals surface area contributed by atoms with Gasteiger partial charge in [0.2, 0.25) is 5.91 Å². The zero-order chi connectivity index (χ0) is 31.0. The summed E-state index contributed by atoms with van der Waals surface area (Å²) in [7, 11) is 0. The molecule has 1 saturated heterocycles. The standard InChI is InChI=1S/C29H35ClN4O2.C2HF3O2/c30-23-14-12-21(13-15-23)17-27-25-10-4-5-11-26(25)29(36)34(32-27)19-24-9-6-16-33(24)20-28(35)31-18-22-7-2-1-3-8-22;3-2(4,5)1(6)7/h4-5,10-15,22,24H,1-3,6-9,16-20H2,(H,31,35);(H,6,7)/t24-;/m1./s1. The largest absolute Gasteiger partial charge is 0.490 e. The number of nitrogens with zero attached hydrogens (tertiary/aromatic N) is 3. The van der Waals surface area contributed by atoms with Crippen molar-refractivity contribution >= 4 is 34.2 Å². The summed E-state index contributed by atoms with van der Waals surface area (Å²) < 4.78 is 33.4. The quantitative estimate of drug-likeness (QED) is 0.348. The number of alkyl halides is 3. The maximum absolute atomic E-state index is 13.4. The molecule has 1 amide bonds. The van der Waals surface area contributed by atoms with Crippen molar-refractivity contribution in [3.05, 3.63) is 75.2 Å². The number of carboxylic acids is 1. The highest BCUT2D eigenvalue weighted by Gasteiger charge is 2.38. The number of nitrogens with one attached hydrogen (secondary N) is 1. The molecule has 5 rings (SSSR count). The Morgan fingerprint density at radius 1 is 0.977 bits per heavy atom. The Bertz CT molecular complexity index is 1460. The molecule has 0 spiro atoms. The Morgan fingerprint density at radius 2 is 1.63 bits per heavy atom. The molecule has 43 heavy (non-hydrogen) atoms. The Balaban J connectivity index is 0.000000541. The first kappa shape index (κ1) is 32.5. The third-order valence-corrected chi connectivity index (χ3v) is 8.27. The monoisotopic (exact) mass is 620 g/mol. The molecule has 3 aromatic rings. The second-order valence-electron chi connectivity index (χ2n) is 11.2. The predicted octanol–water partition coefficient (Wildman–Crippen LogP) is 5.43. The van der Waals surface area contributed by atoms with Gasteiger partial charge in [0.1, 0.15) is 0 Å². The number of likely N-dealkylation sites (tertiary alicyclic amines) is 1. The van der Waals surface area contributed by atoms with Gasteiger partial charge in [-0.3, -0.25) is 14.5 Å². The molecule has 12 heteroatoms. The Morgan fingerprint density at radius 3 is 2.28 bits per heavy atom. The van der Waals surface area contributed by atoms with Crippen LogP contribution in [0.2, 0.25) is 5.02 Å². The Kier molecular flexibility index (Phi) is 11.2. The van der Waals surface area contributed by atoms with Gasteiger partial charge in [0.25, 0.3) is 5.56 Å². The summed E-state index contributed by atoms with van der Waals surface area (Å²) in [5.41, 5.74) is 1.90. The van der Waals surface area contributed by atoms with Gasteiger partial charge in [-0.1, -0.05) is 61.2 Å². The van der Waals surface area contributed by atoms with Gasteiger partial charge in [-0.25, -0.2) is 9.48 Å². The zero-order valence-electron chi connectivity index (χ0n) is 23.8. The van der Waals surface area contributed by atoms with E-state index in [-0.39, 0.29) is 17.5 Å². The van der Waals surface area contributed by atoms with E-state index in [1.54, 1.807) is 4.68 Å². The van der Waals surface area contributed by atoms with E-state index >= 15 is 0 Å². The van der Waals surface area contributed by atoms with Crippen LogP contribution in [-0.2, 0) is 22.6 Å². The number of benzene rings is 2. The molecule has 2 aliphatic rings. The first-order valence-corrected chi connectivity index (χ1v) is 14.9. The van der Waals surface area contributed by atoms with Crippen molar-refractivity contribution < 1.29 is 27.9 Å². The summed E-state index contributed by atoms with van der Waals surface area (Å²) in [5, 5.41) is 17.4. The number of carbonyl (C=O) groups excluding carboxylic acids is 1. The molecule has 2 N–H and O–H groups in total. The lowest BCUT2D eigenvalue weighted by Crippen LogP contribution is -2.44. The average Bonchev–Trinajstić information content (AvgIpc) is 3.42. The minimum absolute atomic E-state index is 0.0703. The molecular weight excluding hydrogens is 585 g/mol. The van der Waals surface area contributed by atoms with Gasteiger partial charge >= 0.3 is 12.1 Å². The number of hydrogen-bond donors (Lipinski definition) is 2. The second-order valence-corrected chi connectivity index (χ2v) is 11.6. The van der Waals surface area contributed by atoms with Crippen LogP contribution >= 0.6 is 11.6 Å². The molecule has 1 atom stereocenters. The normalized spacial score (nSPS) is 17.8. The smallest absolute Gasteiger partial charge is 0.475 e. The van der Waals surface area contributed by atoms with E-state index in [2.05, 4.69) is 10.2 Å². The van der Waals surface area contributed by atoms with Crippen molar-refractivity contribution in [3.63, 3.8) is 0 Å². The number of rotatable bonds is 8. The van der Waals surface area contributed by atoms with Crippen LogP contribution in [0, 0.1) is 5.92 Å². The number of carbonyl (C=O) groups is 2. The van der Waals surface area contributed by atoms with Gasteiger partial charge in [0.05, 0.1) is 24.2 Å². The van der Waals surface area contributed by atoms with E-state index in [0.717, 1.165) is 42.6 Å². The van der Waals surface area contributed by atoms with Gasteiger partial charge in [-0.15, -0.1) is 0 Å². The maximum Gasteiger partial charge on any atom is 0.490 e. The summed E-state index contributed by atoms with van der Waals surface area (Å²) in [5.74, 6) is -2.04. The Labute approximate surface area is 252 Å². The summed E-state index contributed by atoms with van der Waals surface area (Å²) >= 11 is 6.07. The predicted molar refractivity (Wildman–Crippen MR) is 158 cm³/mol. The lowest BCUT2D eigenvalue weighted by atomic mass is 9.89. The number of carboxylic acid groups (broad SMARTS) is 1. The molecule has 1 aliphatic carbocycles. The van der Waals surface area contributed by atoms with E-state index in [1.165, 1.54) is 32.1 Å². The molecular formula is C31H36ClF3N4O4. The molecule has 0 unspecified atom stereocenters. The van der Waals surface area contributed by atoms with Crippen molar-refractivity contribution in [3.8, 4) is 0 Å². The van der Waals surface area contributed by atoms with Gasteiger partial charge in [-0.2, -0.15) is 18.3 Å². The molecule has 1 aliphatic heterocycles. The average molecular weight is 621 g/mol. The first-order valence-electron chi connectivity index (χ1n) is 14.6. The van der Waals surface area contributed by atoms with Gasteiger partial charge in [0.15, 0.2) is 0 Å². The number of aliphatic carboxylic acids is 1. The zero-order valence-corrected chi connectivity index (χ0v) is 24.5. The van der Waals surface area contributed by atoms with Crippen LogP contribution in [0.1, 0.15) is 56.2 Å². The molecule has 0 radical (unpaired) electrons. The highest BCUT2D eigenvalue weighted by molar-refractivity contribution is 6.30. The molecule has 0 bridgehead atoms. The highest BCUT2D eigenvalue weighted by Crippen LogP contribution is 2.24. The van der Waals surface area contributed by atoms with Crippen molar-refractivity contribution in [1.29, 1.82) is 0 Å². The third-order valence-electron chi connectivity index (χ3n) is 8.01. The number of amides is 1. The van der Waals surface area contributed by atoms with Crippen molar-refractivity contribution in [2.45, 2.75) is 70.1 Å². The third kappa shape index (κ3) is 9.27. The first-order chi connectivity index (χ1) is 20.5. The fourth-order valence-electron chi connectivity index (χ4n) is 5.75. The van der Waals surface area contributed by atoms with Crippen molar-refractivity contribution in [2.75, 3.05) is 19.6 Å². The fourth-order valence-corrected chi connectivity index (χ4v) is 5.88. The Hall–Kier alpha value is -3.44. The molecule has 2 heterocycles. The van der Waals surface area contributed by atoms with Crippen LogP contribution in [0.4, 0.5) is 13.2 Å². The minimum Gasteiger partial charge on any atom is -0.475 e. The van der Waals surface area contributed by atoms with Crippen molar-refractivity contribution in [1.82, 2.24) is 20.0 Å². The van der Waals surface area contributed by atoms with E-state index in [4.69, 9.17) is 26.6 Å². The van der Waals surface area contributed by atoms with E-state index in [0.29, 0.717) is 35.8 Å². The van der Waals surface area contributed by atoms with E-state index in [9.17, 15) is 22.8 Å². The molecule has 2 fully saturated rings. The molecule has 2 aromatic carbocycles. The summed E-state index contributed by atoms with van der Waals surface area (Å²) in [6.07, 6.45) is 3.86. The van der Waals surface area contributed by atoms with Crippen LogP contribution in [0.3, 0.4) is 0 Å². The van der Waals surface area contributed by atoms with Gasteiger partial charge in [-0.05, 0) is 61.9 Å². The van der Waals surface area contributed by atoms with Crippen LogP contribution in [0.5, 0.6) is 0 Å². The summed E-state index contributed by atoms with van der Waals surface area (Å²) in [6.45, 7) is 2.54. The van der Waals surface area contributed by atoms with Crippen LogP contribution in [0.25, 0.3) is 10.8 Å². The van der Waals surface area contributed by atoms with E-state index < -0.39 is 12.1 Å². The molecule has 1 saturated carbocycles. The molecule has 8 nitrogen and oxygen atoms in total. The maximum atomic E-state index is 13.4. The number of halogens is 4. The van der Waals surface area contributed by atoms with Crippen LogP contribution in [0.15, 0.2) is 53.3 Å². The van der Waals surface area contributed by atoms with E-state index in [1.807, 2.05) is 48.5 Å². The van der Waals surface area contributed by atoms with Crippen LogP contribution in [-0.4, -0.2) is 63.5 Å². The highest BCUT2D eigenvalue weighted by atomic mass is 35.5. The van der Waals surface area contributed by atoms with Crippen molar-refractivity contribution in [2.24, 2.45) is 5.92 Å². The lowest BCUT2D eigenvalue weighted by Gasteiger charge is -2.26. The number of hydrogen-bond acceptors (Lipinski definition) is 5. The fraction of sp³-hybridized carbons (Fsp3) is 0.484. The molecule has 1 aromatic heterocycles. The minimum atomic E-state index is -5.08. The summed E-state index contributed by atoms with van der Waals surface area (Å²) in [4.78, 5) is 37.2. The van der Waals surface area contributed by atoms with Gasteiger partial charge in [0, 0.05) is 29.4 Å².